The fraction of sp³-hybridized carbons (Fsp3) is 0.524. The Morgan fingerprint density at radius 1 is 1.07 bits per heavy atom. The minimum absolute atomic E-state index is 0.256. The number of Topliss-reactive ketones (excluding diaryl/α,β-unsaturated/α-hetero) is 1. The number of benzene rings is 1. The van der Waals surface area contributed by atoms with E-state index in [1.165, 1.54) is 14.0 Å². The Labute approximate surface area is 163 Å². The molecule has 0 spiro atoms. The SMILES string of the molecule is COc1ccc(C(=O)COC(=O)[C@H](C)N2C(=O)[C@@H]3[C@H]4CC[C@@H](C4)[C@H]3C2=O)cc1. The van der Waals surface area contributed by atoms with E-state index in [1.807, 2.05) is 0 Å². The highest BCUT2D eigenvalue weighted by molar-refractivity contribution is 6.08. The predicted molar refractivity (Wildman–Crippen MR) is 97.4 cm³/mol. The average molecular weight is 385 g/mol. The third kappa shape index (κ3) is 2.89. The van der Waals surface area contributed by atoms with Gasteiger partial charge in [0.15, 0.2) is 12.4 Å². The first kappa shape index (κ1) is 18.7. The van der Waals surface area contributed by atoms with Crippen LogP contribution in [0.3, 0.4) is 0 Å². The van der Waals surface area contributed by atoms with Crippen LogP contribution < -0.4 is 4.74 Å². The third-order valence-electron chi connectivity index (χ3n) is 6.45. The van der Waals surface area contributed by atoms with Crippen molar-refractivity contribution < 1.29 is 28.7 Å². The van der Waals surface area contributed by atoms with Gasteiger partial charge in [0, 0.05) is 5.56 Å². The molecule has 2 saturated carbocycles. The Bertz CT molecular complexity index is 804. The number of ether oxygens (including phenoxy) is 2. The van der Waals surface area contributed by atoms with Crippen molar-refractivity contribution in [3.63, 3.8) is 0 Å². The monoisotopic (exact) mass is 385 g/mol. The molecule has 28 heavy (non-hydrogen) atoms. The van der Waals surface area contributed by atoms with E-state index in [9.17, 15) is 19.2 Å². The molecule has 1 heterocycles. The number of fused-ring (bicyclic) bond motifs is 5. The lowest BCUT2D eigenvalue weighted by molar-refractivity contribution is -0.157. The number of carbonyl (C=O) groups is 4. The molecule has 2 amide bonds. The summed E-state index contributed by atoms with van der Waals surface area (Å²) in [7, 11) is 1.53. The highest BCUT2D eigenvalue weighted by atomic mass is 16.5. The first-order valence-electron chi connectivity index (χ1n) is 9.63. The van der Waals surface area contributed by atoms with Crippen LogP contribution in [0.4, 0.5) is 0 Å². The van der Waals surface area contributed by atoms with Crippen LogP contribution in [0.25, 0.3) is 0 Å². The average Bonchev–Trinajstić information content (AvgIpc) is 3.39. The molecule has 0 aromatic heterocycles. The fourth-order valence-corrected chi connectivity index (χ4v) is 5.04. The van der Waals surface area contributed by atoms with Gasteiger partial charge in [-0.1, -0.05) is 0 Å². The van der Waals surface area contributed by atoms with Gasteiger partial charge in [-0.05, 0) is 62.3 Å². The lowest BCUT2D eigenvalue weighted by Gasteiger charge is -2.22. The van der Waals surface area contributed by atoms with Crippen molar-refractivity contribution in [3.8, 4) is 5.75 Å². The Kier molecular flexibility index (Phi) is 4.69. The molecule has 3 fully saturated rings. The second kappa shape index (κ2) is 7.04. The van der Waals surface area contributed by atoms with E-state index in [2.05, 4.69) is 0 Å². The van der Waals surface area contributed by atoms with E-state index in [0.717, 1.165) is 24.2 Å². The normalized spacial score (nSPS) is 29.0. The molecule has 7 nitrogen and oxygen atoms in total. The summed E-state index contributed by atoms with van der Waals surface area (Å²) in [6.45, 7) is 1.04. The van der Waals surface area contributed by atoms with Crippen LogP contribution in [0.5, 0.6) is 5.75 Å². The number of esters is 1. The van der Waals surface area contributed by atoms with E-state index >= 15 is 0 Å². The molecule has 2 bridgehead atoms. The Balaban J connectivity index is 1.37. The molecule has 5 atom stereocenters. The molecule has 1 saturated heterocycles. The molecule has 0 unspecified atom stereocenters. The van der Waals surface area contributed by atoms with Gasteiger partial charge in [-0.3, -0.25) is 19.3 Å². The lowest BCUT2D eigenvalue weighted by atomic mass is 9.81. The second-order valence-corrected chi connectivity index (χ2v) is 7.87. The van der Waals surface area contributed by atoms with Gasteiger partial charge >= 0.3 is 5.97 Å². The number of likely N-dealkylation sites (tertiary alicyclic amines) is 1. The quantitative estimate of drug-likeness (QED) is 0.422. The maximum Gasteiger partial charge on any atom is 0.329 e. The molecular formula is C21H23NO6. The predicted octanol–water partition coefficient (Wildman–Crippen LogP) is 1.84. The molecule has 1 aromatic carbocycles. The minimum Gasteiger partial charge on any atom is -0.497 e. The zero-order valence-corrected chi connectivity index (χ0v) is 15.9. The first-order chi connectivity index (χ1) is 13.4. The van der Waals surface area contributed by atoms with Gasteiger partial charge in [-0.2, -0.15) is 0 Å². The summed E-state index contributed by atoms with van der Waals surface area (Å²) in [5.74, 6) is -1.03. The van der Waals surface area contributed by atoms with E-state index < -0.39 is 18.6 Å². The van der Waals surface area contributed by atoms with Crippen molar-refractivity contribution in [2.24, 2.45) is 23.7 Å². The fourth-order valence-electron chi connectivity index (χ4n) is 5.04. The van der Waals surface area contributed by atoms with Crippen LogP contribution >= 0.6 is 0 Å². The standard InChI is InChI=1S/C21H23NO6/c1-11(21(26)28-10-16(23)12-5-7-15(27-2)8-6-12)22-19(24)17-13-3-4-14(9-13)18(17)20(22)25/h5-8,11,13-14,17-18H,3-4,9-10H2,1-2H3/t11-,13-,14-,17+,18+/m0/s1. The Morgan fingerprint density at radius 2 is 1.64 bits per heavy atom. The van der Waals surface area contributed by atoms with Crippen molar-refractivity contribution in [2.45, 2.75) is 32.2 Å². The van der Waals surface area contributed by atoms with E-state index in [-0.39, 0.29) is 41.3 Å². The molecule has 0 radical (unpaired) electrons. The van der Waals surface area contributed by atoms with Gasteiger partial charge in [0.1, 0.15) is 11.8 Å². The summed E-state index contributed by atoms with van der Waals surface area (Å²) in [6.07, 6.45) is 2.90. The molecule has 1 aromatic rings. The van der Waals surface area contributed by atoms with Crippen LogP contribution in [0, 0.1) is 23.7 Å². The third-order valence-corrected chi connectivity index (χ3v) is 6.45. The lowest BCUT2D eigenvalue weighted by Crippen LogP contribution is -2.45. The van der Waals surface area contributed by atoms with Crippen molar-refractivity contribution >= 4 is 23.6 Å². The first-order valence-corrected chi connectivity index (χ1v) is 9.63. The summed E-state index contributed by atoms with van der Waals surface area (Å²) in [6, 6.07) is 5.44. The van der Waals surface area contributed by atoms with Crippen LogP contribution in [0.1, 0.15) is 36.5 Å². The van der Waals surface area contributed by atoms with Gasteiger partial charge in [0.25, 0.3) is 0 Å². The molecule has 4 rings (SSSR count). The maximum atomic E-state index is 12.8. The van der Waals surface area contributed by atoms with Crippen LogP contribution in [-0.4, -0.2) is 48.2 Å². The number of amides is 2. The van der Waals surface area contributed by atoms with Crippen molar-refractivity contribution in [1.82, 2.24) is 4.90 Å². The highest BCUT2D eigenvalue weighted by Crippen LogP contribution is 2.56. The number of nitrogens with zero attached hydrogens (tertiary/aromatic N) is 1. The zero-order chi connectivity index (χ0) is 20.0. The van der Waals surface area contributed by atoms with Gasteiger partial charge in [-0.25, -0.2) is 4.79 Å². The number of ketones is 1. The number of methoxy groups -OCH3 is 1. The molecule has 3 aliphatic rings. The molecule has 0 N–H and O–H groups in total. The summed E-state index contributed by atoms with van der Waals surface area (Å²) in [4.78, 5) is 51.2. The van der Waals surface area contributed by atoms with E-state index in [0.29, 0.717) is 11.3 Å². The Morgan fingerprint density at radius 3 is 2.18 bits per heavy atom. The zero-order valence-electron chi connectivity index (χ0n) is 15.9. The topological polar surface area (TPSA) is 90.0 Å². The summed E-state index contributed by atoms with van der Waals surface area (Å²) >= 11 is 0. The smallest absolute Gasteiger partial charge is 0.329 e. The van der Waals surface area contributed by atoms with Gasteiger partial charge < -0.3 is 9.47 Å². The summed E-state index contributed by atoms with van der Waals surface area (Å²) < 4.78 is 10.2. The minimum atomic E-state index is -1.02. The number of carbonyl (C=O) groups excluding carboxylic acids is 4. The second-order valence-electron chi connectivity index (χ2n) is 7.87. The van der Waals surface area contributed by atoms with E-state index in [4.69, 9.17) is 9.47 Å². The van der Waals surface area contributed by atoms with Crippen molar-refractivity contribution in [2.75, 3.05) is 13.7 Å². The van der Waals surface area contributed by atoms with Gasteiger partial charge in [-0.15, -0.1) is 0 Å². The maximum absolute atomic E-state index is 12.8. The summed E-state index contributed by atoms with van der Waals surface area (Å²) in [5.41, 5.74) is 0.390. The number of hydrogen-bond acceptors (Lipinski definition) is 6. The van der Waals surface area contributed by atoms with Gasteiger partial charge in [0.2, 0.25) is 11.8 Å². The van der Waals surface area contributed by atoms with Crippen LogP contribution in [-0.2, 0) is 19.1 Å². The summed E-state index contributed by atoms with van der Waals surface area (Å²) in [5, 5.41) is 0. The van der Waals surface area contributed by atoms with Crippen LogP contribution in [0.15, 0.2) is 24.3 Å². The van der Waals surface area contributed by atoms with Crippen molar-refractivity contribution in [3.05, 3.63) is 29.8 Å². The molecule has 148 valence electrons. The number of imide groups is 1. The van der Waals surface area contributed by atoms with Crippen LogP contribution in [0.2, 0.25) is 0 Å². The molecule has 1 aliphatic heterocycles. The number of rotatable bonds is 6. The van der Waals surface area contributed by atoms with Crippen molar-refractivity contribution in [1.29, 1.82) is 0 Å². The molecule has 2 aliphatic carbocycles. The van der Waals surface area contributed by atoms with Gasteiger partial charge in [0.05, 0.1) is 18.9 Å². The molecule has 7 heteroatoms. The molecular weight excluding hydrogens is 362 g/mol. The van der Waals surface area contributed by atoms with E-state index in [1.54, 1.807) is 24.3 Å². The Hall–Kier alpha value is -2.70. The largest absolute Gasteiger partial charge is 0.497 e. The number of hydrogen-bond donors (Lipinski definition) is 0. The highest BCUT2D eigenvalue weighted by Gasteiger charge is 2.62.